The molecule has 2 bridgehead atoms. The van der Waals surface area contributed by atoms with Crippen molar-refractivity contribution < 1.29 is 24.5 Å². The van der Waals surface area contributed by atoms with Crippen molar-refractivity contribution in [1.82, 2.24) is 0 Å². The van der Waals surface area contributed by atoms with Crippen molar-refractivity contribution in [3.8, 4) is 0 Å². The summed E-state index contributed by atoms with van der Waals surface area (Å²) >= 11 is 0. The number of ether oxygens (including phenoxy) is 1. The summed E-state index contributed by atoms with van der Waals surface area (Å²) in [6.45, 7) is 6.13. The Hall–Kier alpha value is -1.88. The van der Waals surface area contributed by atoms with E-state index in [1.54, 1.807) is 12.1 Å². The first-order valence-electron chi connectivity index (χ1n) is 12.3. The summed E-state index contributed by atoms with van der Waals surface area (Å²) in [5.41, 5.74) is -1.27. The molecule has 0 heterocycles. The first-order chi connectivity index (χ1) is 15.0. The average molecular weight is 441 g/mol. The number of carboxylic acid groups (broad SMARTS) is 1. The first-order valence-corrected chi connectivity index (χ1v) is 12.3. The van der Waals surface area contributed by atoms with Crippen LogP contribution in [0.1, 0.15) is 82.5 Å². The molecule has 0 aliphatic heterocycles. The number of hydrogen-bond donors (Lipinski definition) is 2. The van der Waals surface area contributed by atoms with Gasteiger partial charge < -0.3 is 14.9 Å². The molecule has 1 aromatic rings. The van der Waals surface area contributed by atoms with Gasteiger partial charge in [-0.05, 0) is 93.6 Å². The highest BCUT2D eigenvalue weighted by molar-refractivity contribution is 5.89. The van der Waals surface area contributed by atoms with Crippen LogP contribution in [0.2, 0.25) is 0 Å². The molecule has 0 radical (unpaired) electrons. The Labute approximate surface area is 190 Å². The second-order valence-corrected chi connectivity index (χ2v) is 11.9. The van der Waals surface area contributed by atoms with Gasteiger partial charge in [0.15, 0.2) is 0 Å². The number of aliphatic hydroxyl groups is 1. The lowest BCUT2D eigenvalue weighted by Crippen LogP contribution is -2.65. The smallest absolute Gasteiger partial charge is 0.338 e. The predicted octanol–water partition coefficient (Wildman–Crippen LogP) is 5.07. The fourth-order valence-corrected chi connectivity index (χ4v) is 8.79. The minimum absolute atomic E-state index is 0.0252. The standard InChI is InChI=1S/C27H36O5/c1-24(23(29)30)10-7-11-25(2)21(24)20(32-22(28)17-8-5-4-6-9-17)15-18-14-19-16-27(18,25)13-12-26(19,3)31/h4-6,8-9,18-21,31H,7,10-16H2,1-3H3,(H,29,30)/t18-,19-,20-,21+,24-,25+,26-,27+/m0/s1. The maximum absolute atomic E-state index is 13.1. The van der Waals surface area contributed by atoms with Crippen LogP contribution in [0.4, 0.5) is 0 Å². The van der Waals surface area contributed by atoms with Gasteiger partial charge in [0, 0.05) is 5.92 Å². The number of rotatable bonds is 3. The molecule has 32 heavy (non-hydrogen) atoms. The van der Waals surface area contributed by atoms with E-state index in [-0.39, 0.29) is 28.6 Å². The summed E-state index contributed by atoms with van der Waals surface area (Å²) in [5, 5.41) is 21.4. The van der Waals surface area contributed by atoms with Gasteiger partial charge in [-0.15, -0.1) is 0 Å². The largest absolute Gasteiger partial charge is 0.481 e. The van der Waals surface area contributed by atoms with Gasteiger partial charge in [0.25, 0.3) is 0 Å². The molecule has 174 valence electrons. The molecule has 5 heteroatoms. The normalized spacial score (nSPS) is 47.2. The number of esters is 1. The number of benzene rings is 1. The highest BCUT2D eigenvalue weighted by Crippen LogP contribution is 2.75. The van der Waals surface area contributed by atoms with Gasteiger partial charge in [-0.3, -0.25) is 4.79 Å². The third kappa shape index (κ3) is 2.85. The zero-order chi connectivity index (χ0) is 22.9. The number of carbonyl (C=O) groups excluding carboxylic acids is 1. The van der Waals surface area contributed by atoms with Crippen LogP contribution in [-0.4, -0.2) is 33.9 Å². The van der Waals surface area contributed by atoms with Crippen LogP contribution in [0.25, 0.3) is 0 Å². The van der Waals surface area contributed by atoms with Crippen molar-refractivity contribution in [2.24, 2.45) is 34.0 Å². The minimum atomic E-state index is -0.924. The van der Waals surface area contributed by atoms with Crippen molar-refractivity contribution in [2.45, 2.75) is 83.8 Å². The number of aliphatic carboxylic acids is 1. The third-order valence-corrected chi connectivity index (χ3v) is 10.5. The maximum Gasteiger partial charge on any atom is 0.338 e. The van der Waals surface area contributed by atoms with E-state index < -0.39 is 23.1 Å². The van der Waals surface area contributed by atoms with Crippen molar-refractivity contribution in [1.29, 1.82) is 0 Å². The van der Waals surface area contributed by atoms with Crippen LogP contribution in [-0.2, 0) is 9.53 Å². The molecular formula is C27H36O5. The fourth-order valence-electron chi connectivity index (χ4n) is 8.79. The zero-order valence-electron chi connectivity index (χ0n) is 19.5. The van der Waals surface area contributed by atoms with Gasteiger partial charge >= 0.3 is 11.9 Å². The first kappa shape index (κ1) is 21.9. The molecule has 1 aromatic carbocycles. The molecule has 5 rings (SSSR count). The Bertz CT molecular complexity index is 925. The van der Waals surface area contributed by atoms with Crippen LogP contribution in [0.3, 0.4) is 0 Å². The molecule has 0 unspecified atom stereocenters. The van der Waals surface area contributed by atoms with Crippen molar-refractivity contribution in [3.05, 3.63) is 35.9 Å². The predicted molar refractivity (Wildman–Crippen MR) is 120 cm³/mol. The summed E-state index contributed by atoms with van der Waals surface area (Å²) in [6.07, 6.45) is 6.35. The van der Waals surface area contributed by atoms with E-state index in [2.05, 4.69) is 6.92 Å². The molecule has 5 nitrogen and oxygen atoms in total. The number of carboxylic acids is 1. The van der Waals surface area contributed by atoms with Gasteiger partial charge in [-0.2, -0.15) is 0 Å². The van der Waals surface area contributed by atoms with E-state index >= 15 is 0 Å². The highest BCUT2D eigenvalue weighted by Gasteiger charge is 2.72. The van der Waals surface area contributed by atoms with Crippen LogP contribution in [0.5, 0.6) is 0 Å². The van der Waals surface area contributed by atoms with Gasteiger partial charge in [-0.25, -0.2) is 4.79 Å². The van der Waals surface area contributed by atoms with Gasteiger partial charge in [0.1, 0.15) is 6.10 Å². The van der Waals surface area contributed by atoms with E-state index in [0.717, 1.165) is 38.5 Å². The lowest BCUT2D eigenvalue weighted by molar-refractivity contribution is -0.221. The molecule has 4 saturated carbocycles. The summed E-state index contributed by atoms with van der Waals surface area (Å²) in [7, 11) is 0. The van der Waals surface area contributed by atoms with Gasteiger partial charge in [0.2, 0.25) is 0 Å². The van der Waals surface area contributed by atoms with Crippen molar-refractivity contribution >= 4 is 11.9 Å². The molecule has 1 spiro atoms. The lowest BCUT2D eigenvalue weighted by Gasteiger charge is -2.66. The Kier molecular flexibility index (Phi) is 4.84. The van der Waals surface area contributed by atoms with Gasteiger partial charge in [0.05, 0.1) is 16.6 Å². The maximum atomic E-state index is 13.1. The van der Waals surface area contributed by atoms with E-state index in [1.807, 2.05) is 32.0 Å². The third-order valence-electron chi connectivity index (χ3n) is 10.5. The monoisotopic (exact) mass is 440 g/mol. The second-order valence-electron chi connectivity index (χ2n) is 11.9. The fraction of sp³-hybridized carbons (Fsp3) is 0.704. The van der Waals surface area contributed by atoms with Crippen molar-refractivity contribution in [2.75, 3.05) is 0 Å². The zero-order valence-corrected chi connectivity index (χ0v) is 19.5. The van der Waals surface area contributed by atoms with Crippen LogP contribution >= 0.6 is 0 Å². The summed E-state index contributed by atoms with van der Waals surface area (Å²) in [6, 6.07) is 9.01. The second kappa shape index (κ2) is 7.06. The molecule has 0 amide bonds. The molecule has 2 N–H and O–H groups in total. The number of carbonyl (C=O) groups is 2. The van der Waals surface area contributed by atoms with E-state index in [4.69, 9.17) is 4.74 Å². The Morgan fingerprint density at radius 2 is 1.69 bits per heavy atom. The van der Waals surface area contributed by atoms with Crippen molar-refractivity contribution in [3.63, 3.8) is 0 Å². The van der Waals surface area contributed by atoms with Crippen LogP contribution in [0, 0.1) is 34.0 Å². The SMILES string of the molecule is C[C@]1(O)CC[C@@]23C[C@@H]1C[C@H]2C[C@H](OC(=O)c1ccccc1)[C@@H]1[C@@](C)(C(=O)O)CCC[C@]13C. The number of hydrogen-bond acceptors (Lipinski definition) is 4. The molecule has 4 aliphatic rings. The summed E-state index contributed by atoms with van der Waals surface area (Å²) in [4.78, 5) is 25.7. The minimum Gasteiger partial charge on any atom is -0.481 e. The molecule has 8 atom stereocenters. The van der Waals surface area contributed by atoms with Crippen LogP contribution in [0.15, 0.2) is 30.3 Å². The average Bonchev–Trinajstić information content (AvgIpc) is 3.09. The lowest BCUT2D eigenvalue weighted by atomic mass is 9.38. The summed E-state index contributed by atoms with van der Waals surface area (Å²) in [5.74, 6) is -0.777. The van der Waals surface area contributed by atoms with E-state index in [9.17, 15) is 19.8 Å². The molecular weight excluding hydrogens is 404 g/mol. The summed E-state index contributed by atoms with van der Waals surface area (Å²) < 4.78 is 6.20. The van der Waals surface area contributed by atoms with Gasteiger partial charge in [-0.1, -0.05) is 31.5 Å². The Morgan fingerprint density at radius 1 is 0.969 bits per heavy atom. The molecule has 0 saturated heterocycles. The Morgan fingerprint density at radius 3 is 2.38 bits per heavy atom. The molecule has 4 fully saturated rings. The highest BCUT2D eigenvalue weighted by atomic mass is 16.5. The topological polar surface area (TPSA) is 83.8 Å². The van der Waals surface area contributed by atoms with Crippen LogP contribution < -0.4 is 0 Å². The quantitative estimate of drug-likeness (QED) is 0.641. The Balaban J connectivity index is 1.57. The van der Waals surface area contributed by atoms with E-state index in [0.29, 0.717) is 24.3 Å². The molecule has 4 aliphatic carbocycles. The number of fused-ring (bicyclic) bond motifs is 2. The molecule has 0 aromatic heterocycles. The van der Waals surface area contributed by atoms with E-state index in [1.165, 1.54) is 0 Å².